The summed E-state index contributed by atoms with van der Waals surface area (Å²) in [5.74, 6) is -3.07. The molecule has 0 spiro atoms. The number of nitrogens with one attached hydrogen (secondary N) is 1. The number of aromatic nitrogens is 1. The third kappa shape index (κ3) is 7.54. The van der Waals surface area contributed by atoms with Crippen molar-refractivity contribution >= 4 is 29.4 Å². The van der Waals surface area contributed by atoms with Crippen LogP contribution in [0.5, 0.6) is 0 Å². The number of benzene rings is 1. The van der Waals surface area contributed by atoms with Gasteiger partial charge in [0, 0.05) is 38.1 Å². The summed E-state index contributed by atoms with van der Waals surface area (Å²) in [5, 5.41) is 17.6. The molecule has 1 aromatic heterocycles. The number of carbonyl (C=O) groups is 3. The molecule has 0 bridgehead atoms. The molecule has 3 N–H and O–H groups in total. The number of anilines is 2. The Balaban J connectivity index is 0.000000438. The molecule has 1 aromatic carbocycles. The van der Waals surface area contributed by atoms with E-state index in [1.807, 2.05) is 18.2 Å². The van der Waals surface area contributed by atoms with E-state index in [9.17, 15) is 9.18 Å². The molecule has 10 heteroatoms. The topological polar surface area (TPSA) is 123 Å². The molecule has 0 unspecified atom stereocenters. The molecular weight excluding hydrogens is 383 g/mol. The number of hydrogen-bond acceptors (Lipinski definition) is 6. The van der Waals surface area contributed by atoms with E-state index in [0.717, 1.165) is 32.0 Å². The first-order valence-corrected chi connectivity index (χ1v) is 8.75. The maximum absolute atomic E-state index is 12.8. The Bertz CT molecular complexity index is 812. The van der Waals surface area contributed by atoms with Crippen LogP contribution in [0.1, 0.15) is 0 Å². The van der Waals surface area contributed by atoms with Crippen molar-refractivity contribution in [2.45, 2.75) is 0 Å². The molecule has 0 atom stereocenters. The summed E-state index contributed by atoms with van der Waals surface area (Å²) in [5.41, 5.74) is 0.614. The average Bonchev–Trinajstić information content (AvgIpc) is 2.71. The predicted octanol–water partition coefficient (Wildman–Crippen LogP) is 1.14. The molecule has 1 fully saturated rings. The van der Waals surface area contributed by atoms with Crippen molar-refractivity contribution in [3.8, 4) is 0 Å². The van der Waals surface area contributed by atoms with Crippen molar-refractivity contribution in [2.75, 3.05) is 42.9 Å². The number of carbonyl (C=O) groups excluding carboxylic acids is 1. The van der Waals surface area contributed by atoms with Crippen LogP contribution >= 0.6 is 0 Å². The Morgan fingerprint density at radius 3 is 2.10 bits per heavy atom. The van der Waals surface area contributed by atoms with Crippen LogP contribution in [0, 0.1) is 5.82 Å². The van der Waals surface area contributed by atoms with Gasteiger partial charge in [0.15, 0.2) is 0 Å². The Morgan fingerprint density at radius 1 is 0.966 bits per heavy atom. The summed E-state index contributed by atoms with van der Waals surface area (Å²) >= 11 is 0. The highest BCUT2D eigenvalue weighted by Gasteiger charge is 2.19. The minimum Gasteiger partial charge on any atom is -0.473 e. The van der Waals surface area contributed by atoms with Gasteiger partial charge in [0.25, 0.3) is 0 Å². The lowest BCUT2D eigenvalue weighted by molar-refractivity contribution is -0.159. The monoisotopic (exact) mass is 404 g/mol. The number of rotatable bonds is 4. The SMILES string of the molecule is O=C(CN1CCN(c2ccccn2)CC1)Nc1ccc(F)cc1.O=C(O)C(=O)O. The van der Waals surface area contributed by atoms with E-state index in [2.05, 4.69) is 20.1 Å². The Labute approximate surface area is 166 Å². The van der Waals surface area contributed by atoms with Crippen LogP contribution in [0.3, 0.4) is 0 Å². The van der Waals surface area contributed by atoms with E-state index in [1.54, 1.807) is 18.3 Å². The molecule has 29 heavy (non-hydrogen) atoms. The summed E-state index contributed by atoms with van der Waals surface area (Å²) in [6.45, 7) is 3.66. The summed E-state index contributed by atoms with van der Waals surface area (Å²) in [6.07, 6.45) is 1.79. The highest BCUT2D eigenvalue weighted by atomic mass is 19.1. The summed E-state index contributed by atoms with van der Waals surface area (Å²) < 4.78 is 12.8. The van der Waals surface area contributed by atoms with Gasteiger partial charge in [-0.05, 0) is 36.4 Å². The van der Waals surface area contributed by atoms with E-state index >= 15 is 0 Å². The molecule has 2 aromatic rings. The Kier molecular flexibility index (Phi) is 8.04. The van der Waals surface area contributed by atoms with Crippen molar-refractivity contribution in [1.82, 2.24) is 9.88 Å². The maximum Gasteiger partial charge on any atom is 0.414 e. The molecule has 0 radical (unpaired) electrons. The van der Waals surface area contributed by atoms with Gasteiger partial charge in [0.05, 0.1) is 6.54 Å². The van der Waals surface area contributed by atoms with Crippen molar-refractivity contribution in [3.05, 3.63) is 54.5 Å². The molecule has 0 saturated carbocycles. The van der Waals surface area contributed by atoms with E-state index in [0.29, 0.717) is 12.2 Å². The van der Waals surface area contributed by atoms with E-state index in [-0.39, 0.29) is 11.7 Å². The summed E-state index contributed by atoms with van der Waals surface area (Å²) in [4.78, 5) is 38.9. The summed E-state index contributed by atoms with van der Waals surface area (Å²) in [7, 11) is 0. The van der Waals surface area contributed by atoms with Crippen molar-refractivity contribution in [1.29, 1.82) is 0 Å². The number of amides is 1. The van der Waals surface area contributed by atoms with E-state index in [4.69, 9.17) is 19.8 Å². The number of halogens is 1. The average molecular weight is 404 g/mol. The molecule has 9 nitrogen and oxygen atoms in total. The largest absolute Gasteiger partial charge is 0.473 e. The van der Waals surface area contributed by atoms with Gasteiger partial charge in [-0.2, -0.15) is 0 Å². The first-order valence-electron chi connectivity index (χ1n) is 8.75. The van der Waals surface area contributed by atoms with Crippen LogP contribution in [0.15, 0.2) is 48.7 Å². The lowest BCUT2D eigenvalue weighted by atomic mass is 10.3. The van der Waals surface area contributed by atoms with Crippen LogP contribution in [0.25, 0.3) is 0 Å². The molecule has 1 saturated heterocycles. The molecule has 3 rings (SSSR count). The number of pyridine rings is 1. The second kappa shape index (κ2) is 10.7. The van der Waals surface area contributed by atoms with Crippen molar-refractivity contribution in [2.24, 2.45) is 0 Å². The molecule has 0 aliphatic carbocycles. The maximum atomic E-state index is 12.8. The lowest BCUT2D eigenvalue weighted by Gasteiger charge is -2.34. The van der Waals surface area contributed by atoms with E-state index < -0.39 is 11.9 Å². The second-order valence-electron chi connectivity index (χ2n) is 6.12. The lowest BCUT2D eigenvalue weighted by Crippen LogP contribution is -2.48. The standard InChI is InChI=1S/C17H19FN4O.C2H2O4/c18-14-4-6-15(7-5-14)20-17(23)13-21-9-11-22(12-10-21)16-3-1-2-8-19-16;3-1(4)2(5)6/h1-8H,9-13H2,(H,20,23);(H,3,4)(H,5,6). The van der Waals surface area contributed by atoms with Gasteiger partial charge in [-0.25, -0.2) is 19.0 Å². The van der Waals surface area contributed by atoms with Crippen LogP contribution in [-0.4, -0.2) is 70.7 Å². The smallest absolute Gasteiger partial charge is 0.414 e. The molecule has 154 valence electrons. The highest BCUT2D eigenvalue weighted by Crippen LogP contribution is 2.13. The second-order valence-corrected chi connectivity index (χ2v) is 6.12. The fourth-order valence-electron chi connectivity index (χ4n) is 2.61. The van der Waals surface area contributed by atoms with Crippen LogP contribution in [-0.2, 0) is 14.4 Å². The zero-order valence-corrected chi connectivity index (χ0v) is 15.5. The number of aliphatic carboxylic acids is 2. The quantitative estimate of drug-likeness (QED) is 0.649. The molecule has 1 amide bonds. The van der Waals surface area contributed by atoms with Gasteiger partial charge in [0.1, 0.15) is 11.6 Å². The van der Waals surface area contributed by atoms with Crippen molar-refractivity contribution in [3.63, 3.8) is 0 Å². The summed E-state index contributed by atoms with van der Waals surface area (Å²) in [6, 6.07) is 11.7. The number of nitrogens with zero attached hydrogens (tertiary/aromatic N) is 3. The normalized spacial score (nSPS) is 13.8. The van der Waals surface area contributed by atoms with Gasteiger partial charge in [-0.15, -0.1) is 0 Å². The fourth-order valence-corrected chi connectivity index (χ4v) is 2.61. The van der Waals surface area contributed by atoms with Crippen molar-refractivity contribution < 1.29 is 29.0 Å². The Morgan fingerprint density at radius 2 is 1.59 bits per heavy atom. The highest BCUT2D eigenvalue weighted by molar-refractivity contribution is 6.27. The minimum atomic E-state index is -1.82. The number of carboxylic acids is 2. The van der Waals surface area contributed by atoms with Gasteiger partial charge in [-0.3, -0.25) is 9.69 Å². The van der Waals surface area contributed by atoms with Gasteiger partial charge in [-0.1, -0.05) is 6.07 Å². The van der Waals surface area contributed by atoms with Crippen LogP contribution in [0.4, 0.5) is 15.9 Å². The van der Waals surface area contributed by atoms with Gasteiger partial charge >= 0.3 is 11.9 Å². The first kappa shape index (κ1) is 21.8. The van der Waals surface area contributed by atoms with E-state index in [1.165, 1.54) is 12.1 Å². The fraction of sp³-hybridized carbons (Fsp3) is 0.263. The van der Waals surface area contributed by atoms with Gasteiger partial charge < -0.3 is 20.4 Å². The zero-order chi connectivity index (χ0) is 21.2. The zero-order valence-electron chi connectivity index (χ0n) is 15.5. The minimum absolute atomic E-state index is 0.0807. The first-order chi connectivity index (χ1) is 13.8. The number of piperazine rings is 1. The molecule has 1 aliphatic heterocycles. The van der Waals surface area contributed by atoms with Crippen LogP contribution in [0.2, 0.25) is 0 Å². The third-order valence-corrected chi connectivity index (χ3v) is 4.02. The molecule has 1 aliphatic rings. The molecule has 2 heterocycles. The molecular formula is C19H21FN4O5. The third-order valence-electron chi connectivity index (χ3n) is 4.02. The van der Waals surface area contributed by atoms with Crippen LogP contribution < -0.4 is 10.2 Å². The number of hydrogen-bond donors (Lipinski definition) is 3. The predicted molar refractivity (Wildman–Crippen MR) is 103 cm³/mol. The van der Waals surface area contributed by atoms with Gasteiger partial charge in [0.2, 0.25) is 5.91 Å². The Hall–Kier alpha value is -3.53. The number of carboxylic acid groups (broad SMARTS) is 2.